The number of fused-ring (bicyclic) bond motifs is 1. The van der Waals surface area contributed by atoms with Crippen molar-refractivity contribution in [3.63, 3.8) is 0 Å². The highest BCUT2D eigenvalue weighted by Crippen LogP contribution is 2.29. The van der Waals surface area contributed by atoms with Crippen molar-refractivity contribution in [1.29, 1.82) is 0 Å². The van der Waals surface area contributed by atoms with Crippen molar-refractivity contribution in [3.05, 3.63) is 33.7 Å². The molecule has 0 amide bonds. The summed E-state index contributed by atoms with van der Waals surface area (Å²) in [6.07, 6.45) is 0.630. The van der Waals surface area contributed by atoms with E-state index in [1.165, 1.54) is 6.07 Å². The molecule has 2 rings (SSSR count). The summed E-state index contributed by atoms with van der Waals surface area (Å²) in [6.45, 7) is 11.1. The first kappa shape index (κ1) is 20.3. The molecule has 0 fully saturated rings. The predicted molar refractivity (Wildman–Crippen MR) is 98.8 cm³/mol. The van der Waals surface area contributed by atoms with E-state index >= 15 is 0 Å². The fraction of sp³-hybridized carbons (Fsp3) is 0.500. The molecule has 6 heteroatoms. The van der Waals surface area contributed by atoms with Crippen molar-refractivity contribution in [1.82, 2.24) is 4.90 Å². The van der Waals surface area contributed by atoms with Gasteiger partial charge >= 0.3 is 0 Å². The SMILES string of the molecule is CCc1oc2cc(OCCN(CC)CC)cc(O)c2c(=O)c1C.Cl. The van der Waals surface area contributed by atoms with Crippen LogP contribution in [-0.2, 0) is 6.42 Å². The third-order valence-corrected chi connectivity index (χ3v) is 4.17. The number of halogens is 1. The molecule has 1 heterocycles. The van der Waals surface area contributed by atoms with Crippen LogP contribution in [-0.4, -0.2) is 36.2 Å². The molecule has 0 unspecified atom stereocenters. The molecule has 1 aromatic heterocycles. The molecular weight excluding hydrogens is 330 g/mol. The van der Waals surface area contributed by atoms with E-state index in [0.717, 1.165) is 19.6 Å². The average Bonchev–Trinajstić information content (AvgIpc) is 2.54. The van der Waals surface area contributed by atoms with Gasteiger partial charge in [0.05, 0.1) is 0 Å². The number of benzene rings is 1. The van der Waals surface area contributed by atoms with Gasteiger partial charge in [-0.3, -0.25) is 4.79 Å². The van der Waals surface area contributed by atoms with Gasteiger partial charge in [0.1, 0.15) is 34.8 Å². The third-order valence-electron chi connectivity index (χ3n) is 4.17. The minimum atomic E-state index is -0.185. The second-order valence-electron chi connectivity index (χ2n) is 5.52. The lowest BCUT2D eigenvalue weighted by Crippen LogP contribution is -2.27. The first-order valence-electron chi connectivity index (χ1n) is 8.16. The molecule has 1 aromatic carbocycles. The van der Waals surface area contributed by atoms with Crippen LogP contribution in [0.15, 0.2) is 21.3 Å². The quantitative estimate of drug-likeness (QED) is 0.823. The summed E-state index contributed by atoms with van der Waals surface area (Å²) < 4.78 is 11.5. The van der Waals surface area contributed by atoms with Crippen molar-refractivity contribution in [2.24, 2.45) is 0 Å². The molecule has 0 aliphatic heterocycles. The Bertz CT molecular complexity index is 738. The monoisotopic (exact) mass is 355 g/mol. The van der Waals surface area contributed by atoms with Gasteiger partial charge < -0.3 is 19.2 Å². The Labute approximate surface area is 148 Å². The number of ether oxygens (including phenoxy) is 1. The molecular formula is C18H26ClNO4. The number of hydrogen-bond acceptors (Lipinski definition) is 5. The van der Waals surface area contributed by atoms with Gasteiger partial charge in [-0.15, -0.1) is 12.4 Å². The molecule has 0 aliphatic carbocycles. The lowest BCUT2D eigenvalue weighted by atomic mass is 10.1. The van der Waals surface area contributed by atoms with E-state index in [1.54, 1.807) is 13.0 Å². The van der Waals surface area contributed by atoms with Crippen molar-refractivity contribution >= 4 is 23.4 Å². The maximum atomic E-state index is 12.4. The largest absolute Gasteiger partial charge is 0.507 e. The first-order chi connectivity index (χ1) is 11.0. The van der Waals surface area contributed by atoms with E-state index in [-0.39, 0.29) is 29.0 Å². The van der Waals surface area contributed by atoms with Crippen LogP contribution in [0, 0.1) is 6.92 Å². The van der Waals surface area contributed by atoms with Crippen molar-refractivity contribution in [3.8, 4) is 11.5 Å². The van der Waals surface area contributed by atoms with Crippen molar-refractivity contribution in [2.75, 3.05) is 26.2 Å². The van der Waals surface area contributed by atoms with E-state index in [4.69, 9.17) is 9.15 Å². The first-order valence-corrected chi connectivity index (χ1v) is 8.16. The fourth-order valence-corrected chi connectivity index (χ4v) is 2.66. The van der Waals surface area contributed by atoms with Gasteiger partial charge in [-0.25, -0.2) is 0 Å². The van der Waals surface area contributed by atoms with Crippen LogP contribution < -0.4 is 10.2 Å². The molecule has 1 N–H and O–H groups in total. The molecule has 0 radical (unpaired) electrons. The summed E-state index contributed by atoms with van der Waals surface area (Å²) in [7, 11) is 0. The molecule has 134 valence electrons. The summed E-state index contributed by atoms with van der Waals surface area (Å²) in [5, 5.41) is 10.4. The summed E-state index contributed by atoms with van der Waals surface area (Å²) in [5.74, 6) is 1.05. The summed E-state index contributed by atoms with van der Waals surface area (Å²) in [5.41, 5.74) is 0.732. The lowest BCUT2D eigenvalue weighted by Gasteiger charge is -2.18. The van der Waals surface area contributed by atoms with Crippen molar-refractivity contribution < 1.29 is 14.3 Å². The Morgan fingerprint density at radius 3 is 2.46 bits per heavy atom. The van der Waals surface area contributed by atoms with E-state index in [2.05, 4.69) is 18.7 Å². The predicted octanol–water partition coefficient (Wildman–Crippen LogP) is 3.51. The number of likely N-dealkylation sites (N-methyl/N-ethyl adjacent to an activating group) is 1. The lowest BCUT2D eigenvalue weighted by molar-refractivity contribution is 0.222. The van der Waals surface area contributed by atoms with Crippen LogP contribution >= 0.6 is 12.4 Å². The van der Waals surface area contributed by atoms with Crippen LogP contribution in [0.3, 0.4) is 0 Å². The van der Waals surface area contributed by atoms with Crippen LogP contribution in [0.2, 0.25) is 0 Å². The Hall–Kier alpha value is -1.72. The van der Waals surface area contributed by atoms with Gasteiger partial charge in [0.25, 0.3) is 0 Å². The molecule has 0 atom stereocenters. The van der Waals surface area contributed by atoms with Crippen LogP contribution in [0.25, 0.3) is 11.0 Å². The standard InChI is InChI=1S/C18H25NO4.ClH/c1-5-15-12(4)18(21)17-14(20)10-13(11-16(17)23-15)22-9-8-19(6-2)7-3;/h10-11,20H,5-9H2,1-4H3;1H. The highest BCUT2D eigenvalue weighted by Gasteiger charge is 2.15. The summed E-state index contributed by atoms with van der Waals surface area (Å²) in [6, 6.07) is 3.16. The summed E-state index contributed by atoms with van der Waals surface area (Å²) in [4.78, 5) is 14.6. The minimum absolute atomic E-state index is 0. The minimum Gasteiger partial charge on any atom is -0.507 e. The van der Waals surface area contributed by atoms with E-state index < -0.39 is 0 Å². The van der Waals surface area contributed by atoms with Gasteiger partial charge in [0, 0.05) is 30.7 Å². The van der Waals surface area contributed by atoms with Gasteiger partial charge in [0.2, 0.25) is 0 Å². The van der Waals surface area contributed by atoms with Gasteiger partial charge in [-0.2, -0.15) is 0 Å². The Kier molecular flexibility index (Phi) is 7.58. The van der Waals surface area contributed by atoms with E-state index in [0.29, 0.717) is 35.7 Å². The van der Waals surface area contributed by atoms with Crippen LogP contribution in [0.4, 0.5) is 0 Å². The smallest absolute Gasteiger partial charge is 0.199 e. The van der Waals surface area contributed by atoms with Gasteiger partial charge in [0.15, 0.2) is 5.43 Å². The number of aromatic hydroxyl groups is 1. The highest BCUT2D eigenvalue weighted by molar-refractivity contribution is 5.85. The second kappa shape index (κ2) is 8.94. The number of rotatable bonds is 7. The molecule has 2 aromatic rings. The molecule has 5 nitrogen and oxygen atoms in total. The Balaban J connectivity index is 0.00000288. The van der Waals surface area contributed by atoms with Crippen LogP contribution in [0.1, 0.15) is 32.1 Å². The average molecular weight is 356 g/mol. The Morgan fingerprint density at radius 1 is 1.21 bits per heavy atom. The second-order valence-corrected chi connectivity index (χ2v) is 5.52. The number of hydrogen-bond donors (Lipinski definition) is 1. The zero-order chi connectivity index (χ0) is 17.0. The number of aryl methyl sites for hydroxylation is 1. The zero-order valence-corrected chi connectivity index (χ0v) is 15.5. The van der Waals surface area contributed by atoms with Gasteiger partial charge in [-0.05, 0) is 20.0 Å². The van der Waals surface area contributed by atoms with Crippen molar-refractivity contribution in [2.45, 2.75) is 34.1 Å². The van der Waals surface area contributed by atoms with Crippen LogP contribution in [0.5, 0.6) is 11.5 Å². The van der Waals surface area contributed by atoms with Gasteiger partial charge in [-0.1, -0.05) is 20.8 Å². The molecule has 0 aliphatic rings. The maximum Gasteiger partial charge on any atom is 0.199 e. The molecule has 24 heavy (non-hydrogen) atoms. The van der Waals surface area contributed by atoms with E-state index in [9.17, 15) is 9.90 Å². The molecule has 0 spiro atoms. The molecule has 0 saturated heterocycles. The third kappa shape index (κ3) is 4.22. The zero-order valence-electron chi connectivity index (χ0n) is 14.7. The highest BCUT2D eigenvalue weighted by atomic mass is 35.5. The fourth-order valence-electron chi connectivity index (χ4n) is 2.66. The Morgan fingerprint density at radius 2 is 1.88 bits per heavy atom. The molecule has 0 bridgehead atoms. The number of phenols is 1. The number of phenolic OH excluding ortho intramolecular Hbond substituents is 1. The topological polar surface area (TPSA) is 62.9 Å². The molecule has 0 saturated carbocycles. The normalized spacial score (nSPS) is 10.9. The number of nitrogens with zero attached hydrogens (tertiary/aromatic N) is 1. The van der Waals surface area contributed by atoms with E-state index in [1.807, 2.05) is 6.92 Å². The summed E-state index contributed by atoms with van der Waals surface area (Å²) >= 11 is 0. The maximum absolute atomic E-state index is 12.4.